The molecule has 1 aliphatic heterocycles. The lowest BCUT2D eigenvalue weighted by Crippen LogP contribution is -2.39. The maximum Gasteiger partial charge on any atom is 0.262 e. The largest absolute Gasteiger partial charge is 0.495 e. The minimum atomic E-state index is -4.01. The van der Waals surface area contributed by atoms with Crippen LogP contribution in [0.1, 0.15) is 35.7 Å². The maximum atomic E-state index is 13.2. The fourth-order valence-electron chi connectivity index (χ4n) is 3.72. The van der Waals surface area contributed by atoms with Gasteiger partial charge >= 0.3 is 0 Å². The number of anilines is 1. The Bertz CT molecular complexity index is 1090. The molecule has 1 N–H and O–H groups in total. The highest BCUT2D eigenvalue weighted by atomic mass is 35.5. The van der Waals surface area contributed by atoms with E-state index < -0.39 is 10.0 Å². The number of rotatable bonds is 6. The monoisotopic (exact) mass is 466 g/mol. The topological polar surface area (TPSA) is 84.9 Å². The van der Waals surface area contributed by atoms with Gasteiger partial charge in [0.2, 0.25) is 0 Å². The van der Waals surface area contributed by atoms with Crippen LogP contribution in [0.25, 0.3) is 0 Å². The first-order chi connectivity index (χ1) is 14.7. The van der Waals surface area contributed by atoms with Crippen molar-refractivity contribution in [3.8, 4) is 11.5 Å². The first-order valence-electron chi connectivity index (χ1n) is 10.0. The summed E-state index contributed by atoms with van der Waals surface area (Å²) in [5.41, 5.74) is 1.05. The Labute approximate surface area is 188 Å². The summed E-state index contributed by atoms with van der Waals surface area (Å²) in [6.07, 6.45) is 2.04. The standard InChI is InChI=1S/C22H27ClN2O5S/c1-14-6-5-9-25(13-14)22(26)16-8-7-15(2)21(10-16)31(27,28)24-18-11-17(23)19(29-3)12-20(18)30-4/h7-8,10-12,14,24H,5-6,9,13H2,1-4H3/t14-/m1/s1. The van der Waals surface area contributed by atoms with E-state index in [1.165, 1.54) is 32.4 Å². The van der Waals surface area contributed by atoms with Crippen LogP contribution in [-0.2, 0) is 10.0 Å². The number of nitrogens with zero attached hydrogens (tertiary/aromatic N) is 1. The lowest BCUT2D eigenvalue weighted by molar-refractivity contribution is 0.0683. The number of hydrogen-bond acceptors (Lipinski definition) is 5. The first-order valence-corrected chi connectivity index (χ1v) is 11.9. The second-order valence-corrected chi connectivity index (χ2v) is 9.83. The second kappa shape index (κ2) is 9.36. The van der Waals surface area contributed by atoms with Crippen molar-refractivity contribution in [2.45, 2.75) is 31.6 Å². The van der Waals surface area contributed by atoms with Gasteiger partial charge in [0.05, 0.1) is 29.8 Å². The number of nitrogens with one attached hydrogen (secondary N) is 1. The molecule has 1 atom stereocenters. The molecule has 0 aromatic heterocycles. The molecule has 1 fully saturated rings. The fraction of sp³-hybridized carbons (Fsp3) is 0.409. The summed E-state index contributed by atoms with van der Waals surface area (Å²) in [7, 11) is -1.13. The number of likely N-dealkylation sites (tertiary alicyclic amines) is 1. The molecule has 1 aliphatic rings. The van der Waals surface area contributed by atoms with Crippen molar-refractivity contribution in [2.75, 3.05) is 32.0 Å². The minimum Gasteiger partial charge on any atom is -0.495 e. The van der Waals surface area contributed by atoms with Gasteiger partial charge in [0.15, 0.2) is 0 Å². The number of sulfonamides is 1. The van der Waals surface area contributed by atoms with Gasteiger partial charge in [-0.1, -0.05) is 24.6 Å². The molecule has 1 heterocycles. The van der Waals surface area contributed by atoms with E-state index in [0.717, 1.165) is 12.8 Å². The molecule has 0 saturated carbocycles. The van der Waals surface area contributed by atoms with Gasteiger partial charge in [-0.2, -0.15) is 0 Å². The van der Waals surface area contributed by atoms with Gasteiger partial charge < -0.3 is 14.4 Å². The fourth-order valence-corrected chi connectivity index (χ4v) is 5.29. The van der Waals surface area contributed by atoms with Crippen molar-refractivity contribution in [1.29, 1.82) is 0 Å². The molecule has 31 heavy (non-hydrogen) atoms. The molecule has 168 valence electrons. The molecule has 1 saturated heterocycles. The Kier molecular flexibility index (Phi) is 7.01. The summed E-state index contributed by atoms with van der Waals surface area (Å²) in [6.45, 7) is 5.15. The van der Waals surface area contributed by atoms with Crippen molar-refractivity contribution >= 4 is 33.2 Å². The number of carbonyl (C=O) groups excluding carboxylic acids is 1. The van der Waals surface area contributed by atoms with Crippen LogP contribution in [0, 0.1) is 12.8 Å². The van der Waals surface area contributed by atoms with Gasteiger partial charge in [-0.05, 0) is 49.4 Å². The Morgan fingerprint density at radius 3 is 2.52 bits per heavy atom. The molecule has 9 heteroatoms. The Morgan fingerprint density at radius 1 is 1.16 bits per heavy atom. The zero-order chi connectivity index (χ0) is 22.8. The van der Waals surface area contributed by atoms with Gasteiger partial charge in [0.1, 0.15) is 11.5 Å². The molecule has 0 unspecified atom stereocenters. The van der Waals surface area contributed by atoms with Gasteiger partial charge in [-0.3, -0.25) is 9.52 Å². The molecular formula is C22H27ClN2O5S. The predicted molar refractivity (Wildman–Crippen MR) is 121 cm³/mol. The first kappa shape index (κ1) is 23.2. The predicted octanol–water partition coefficient (Wildman–Crippen LogP) is 4.34. The number of carbonyl (C=O) groups is 1. The van der Waals surface area contributed by atoms with Crippen LogP contribution in [-0.4, -0.2) is 46.5 Å². The van der Waals surface area contributed by atoms with Crippen molar-refractivity contribution in [3.63, 3.8) is 0 Å². The SMILES string of the molecule is COc1cc(OC)c(NS(=O)(=O)c2cc(C(=O)N3CCC[C@@H](C)C3)ccc2C)cc1Cl. The summed E-state index contributed by atoms with van der Waals surface area (Å²) in [6, 6.07) is 7.67. The minimum absolute atomic E-state index is 0.0254. The average molecular weight is 467 g/mol. The van der Waals surface area contributed by atoms with Crippen LogP contribution >= 0.6 is 11.6 Å². The van der Waals surface area contributed by atoms with E-state index in [9.17, 15) is 13.2 Å². The normalized spacial score (nSPS) is 16.7. The molecule has 0 spiro atoms. The van der Waals surface area contributed by atoms with Crippen molar-refractivity contribution in [1.82, 2.24) is 4.90 Å². The van der Waals surface area contributed by atoms with Crippen molar-refractivity contribution in [2.24, 2.45) is 5.92 Å². The van der Waals surface area contributed by atoms with Crippen LogP contribution in [0.3, 0.4) is 0 Å². The van der Waals surface area contributed by atoms with Gasteiger partial charge in [0.25, 0.3) is 15.9 Å². The van der Waals surface area contributed by atoms with Crippen LogP contribution in [0.5, 0.6) is 11.5 Å². The van der Waals surface area contributed by atoms with Crippen LogP contribution < -0.4 is 14.2 Å². The highest BCUT2D eigenvalue weighted by Crippen LogP contribution is 2.37. The van der Waals surface area contributed by atoms with Crippen molar-refractivity contribution < 1.29 is 22.7 Å². The van der Waals surface area contributed by atoms with Gasteiger partial charge in [0, 0.05) is 24.7 Å². The summed E-state index contributed by atoms with van der Waals surface area (Å²) in [5, 5.41) is 0.237. The number of hydrogen-bond donors (Lipinski definition) is 1. The Morgan fingerprint density at radius 2 is 1.87 bits per heavy atom. The van der Waals surface area contributed by atoms with Crippen LogP contribution in [0.4, 0.5) is 5.69 Å². The number of amides is 1. The summed E-state index contributed by atoms with van der Waals surface area (Å²) in [5.74, 6) is 0.895. The van der Waals surface area contributed by atoms with Crippen LogP contribution in [0.15, 0.2) is 35.2 Å². The molecule has 0 radical (unpaired) electrons. The molecule has 2 aromatic carbocycles. The van der Waals surface area contributed by atoms with E-state index in [-0.39, 0.29) is 27.3 Å². The molecule has 1 amide bonds. The van der Waals surface area contributed by atoms with E-state index in [0.29, 0.717) is 35.9 Å². The third-order valence-corrected chi connectivity index (χ3v) is 7.19. The number of benzene rings is 2. The molecule has 2 aromatic rings. The van der Waals surface area contributed by atoms with Gasteiger partial charge in [-0.25, -0.2) is 8.42 Å². The maximum absolute atomic E-state index is 13.2. The third-order valence-electron chi connectivity index (χ3n) is 5.39. The zero-order valence-corrected chi connectivity index (χ0v) is 19.6. The number of ether oxygens (including phenoxy) is 2. The molecule has 0 aliphatic carbocycles. The Balaban J connectivity index is 1.94. The highest BCUT2D eigenvalue weighted by Gasteiger charge is 2.25. The third kappa shape index (κ3) is 5.07. The Hall–Kier alpha value is -2.45. The van der Waals surface area contributed by atoms with E-state index in [1.807, 2.05) is 0 Å². The van der Waals surface area contributed by atoms with E-state index >= 15 is 0 Å². The zero-order valence-electron chi connectivity index (χ0n) is 18.1. The summed E-state index contributed by atoms with van der Waals surface area (Å²) < 4.78 is 39.3. The quantitative estimate of drug-likeness (QED) is 0.684. The lowest BCUT2D eigenvalue weighted by Gasteiger charge is -2.31. The molecule has 3 rings (SSSR count). The number of methoxy groups -OCH3 is 2. The van der Waals surface area contributed by atoms with E-state index in [2.05, 4.69) is 11.6 Å². The summed E-state index contributed by atoms with van der Waals surface area (Å²) in [4.78, 5) is 14.8. The smallest absolute Gasteiger partial charge is 0.262 e. The number of aryl methyl sites for hydroxylation is 1. The van der Waals surface area contributed by atoms with E-state index in [1.54, 1.807) is 24.0 Å². The van der Waals surface area contributed by atoms with Crippen molar-refractivity contribution in [3.05, 3.63) is 46.5 Å². The molecule has 0 bridgehead atoms. The molecule has 7 nitrogen and oxygen atoms in total. The molecular weight excluding hydrogens is 440 g/mol. The second-order valence-electron chi connectivity index (χ2n) is 7.77. The highest BCUT2D eigenvalue weighted by molar-refractivity contribution is 7.92. The summed E-state index contributed by atoms with van der Waals surface area (Å²) >= 11 is 6.16. The number of piperidine rings is 1. The van der Waals surface area contributed by atoms with Gasteiger partial charge in [-0.15, -0.1) is 0 Å². The van der Waals surface area contributed by atoms with E-state index in [4.69, 9.17) is 21.1 Å². The number of halogens is 1. The lowest BCUT2D eigenvalue weighted by atomic mass is 9.99. The average Bonchev–Trinajstić information content (AvgIpc) is 2.73. The van der Waals surface area contributed by atoms with Crippen LogP contribution in [0.2, 0.25) is 5.02 Å².